The van der Waals surface area contributed by atoms with Gasteiger partial charge in [0.1, 0.15) is 5.82 Å². The van der Waals surface area contributed by atoms with Gasteiger partial charge in [0.2, 0.25) is 0 Å². The molecule has 0 aromatic heterocycles. The van der Waals surface area contributed by atoms with E-state index in [0.717, 1.165) is 0 Å². The molecule has 0 amide bonds. The van der Waals surface area contributed by atoms with Gasteiger partial charge < -0.3 is 0 Å². The van der Waals surface area contributed by atoms with Crippen molar-refractivity contribution in [2.45, 2.75) is 6.92 Å². The molecule has 0 nitrogen and oxygen atoms in total. The second-order valence-electron chi connectivity index (χ2n) is 2.38. The largest absolute Gasteiger partial charge is 0.206 e. The van der Waals surface area contributed by atoms with Crippen molar-refractivity contribution in [1.82, 2.24) is 0 Å². The van der Waals surface area contributed by atoms with E-state index >= 15 is 0 Å². The first-order valence-corrected chi connectivity index (χ1v) is 3.46. The van der Waals surface area contributed by atoms with Gasteiger partial charge in [0, 0.05) is 6.42 Å². The molecule has 0 aliphatic heterocycles. The first kappa shape index (κ1) is 7.99. The molecule has 0 atom stereocenters. The Morgan fingerprint density at radius 2 is 2.18 bits per heavy atom. The van der Waals surface area contributed by atoms with E-state index in [1.165, 1.54) is 0 Å². The zero-order valence-electron chi connectivity index (χ0n) is 6.47. The Balaban J connectivity index is 3.05. The molecule has 1 aromatic carbocycles. The zero-order valence-corrected chi connectivity index (χ0v) is 6.47. The van der Waals surface area contributed by atoms with Gasteiger partial charge in [-0.15, -0.1) is 6.58 Å². The van der Waals surface area contributed by atoms with Crippen LogP contribution in [-0.4, -0.2) is 0 Å². The first-order valence-electron chi connectivity index (χ1n) is 3.46. The SMILES string of the molecule is C=C[CH]c1cccc(C)c1F. The Hall–Kier alpha value is -1.11. The summed E-state index contributed by atoms with van der Waals surface area (Å²) >= 11 is 0. The molecule has 0 bridgehead atoms. The number of halogens is 1. The molecule has 0 aliphatic carbocycles. The normalized spacial score (nSPS) is 9.64. The third-order valence-electron chi connectivity index (χ3n) is 1.52. The average Bonchev–Trinajstić information content (AvgIpc) is 1.99. The molecule has 0 N–H and O–H groups in total. The summed E-state index contributed by atoms with van der Waals surface area (Å²) in [5.74, 6) is -0.160. The van der Waals surface area contributed by atoms with Crippen LogP contribution < -0.4 is 0 Å². The minimum Gasteiger partial charge on any atom is -0.206 e. The molecular formula is C10H10F. The first-order chi connectivity index (χ1) is 5.25. The maximum Gasteiger partial charge on any atom is 0.129 e. The highest BCUT2D eigenvalue weighted by Gasteiger charge is 2.01. The van der Waals surface area contributed by atoms with Crippen LogP contribution in [0, 0.1) is 19.2 Å². The minimum absolute atomic E-state index is 0.160. The van der Waals surface area contributed by atoms with E-state index < -0.39 is 0 Å². The van der Waals surface area contributed by atoms with Crippen LogP contribution >= 0.6 is 0 Å². The fourth-order valence-electron chi connectivity index (χ4n) is 0.926. The highest BCUT2D eigenvalue weighted by Crippen LogP contribution is 2.13. The Morgan fingerprint density at radius 1 is 1.45 bits per heavy atom. The lowest BCUT2D eigenvalue weighted by atomic mass is 10.1. The van der Waals surface area contributed by atoms with Gasteiger partial charge in [-0.25, -0.2) is 4.39 Å². The molecule has 11 heavy (non-hydrogen) atoms. The molecular weight excluding hydrogens is 139 g/mol. The van der Waals surface area contributed by atoms with Crippen LogP contribution in [0.1, 0.15) is 11.1 Å². The second-order valence-corrected chi connectivity index (χ2v) is 2.38. The van der Waals surface area contributed by atoms with Crippen molar-refractivity contribution in [3.8, 4) is 0 Å². The van der Waals surface area contributed by atoms with Gasteiger partial charge in [0.15, 0.2) is 0 Å². The number of allylic oxidation sites excluding steroid dienone is 1. The maximum atomic E-state index is 13.1. The van der Waals surface area contributed by atoms with E-state index in [9.17, 15) is 4.39 Å². The molecule has 0 heterocycles. The fourth-order valence-corrected chi connectivity index (χ4v) is 0.926. The van der Waals surface area contributed by atoms with E-state index in [2.05, 4.69) is 6.58 Å². The predicted molar refractivity (Wildman–Crippen MR) is 44.7 cm³/mol. The van der Waals surface area contributed by atoms with Crippen molar-refractivity contribution in [1.29, 1.82) is 0 Å². The number of aryl methyl sites for hydroxylation is 1. The van der Waals surface area contributed by atoms with Crippen LogP contribution in [0.2, 0.25) is 0 Å². The van der Waals surface area contributed by atoms with E-state index in [-0.39, 0.29) is 5.82 Å². The number of rotatable bonds is 2. The van der Waals surface area contributed by atoms with Crippen LogP contribution in [0.3, 0.4) is 0 Å². The topological polar surface area (TPSA) is 0 Å². The summed E-state index contributed by atoms with van der Waals surface area (Å²) in [6, 6.07) is 5.30. The molecule has 0 unspecified atom stereocenters. The van der Waals surface area contributed by atoms with Gasteiger partial charge in [-0.2, -0.15) is 0 Å². The van der Waals surface area contributed by atoms with Gasteiger partial charge >= 0.3 is 0 Å². The van der Waals surface area contributed by atoms with Crippen molar-refractivity contribution >= 4 is 0 Å². The molecule has 0 saturated carbocycles. The van der Waals surface area contributed by atoms with Crippen LogP contribution in [0.5, 0.6) is 0 Å². The summed E-state index contributed by atoms with van der Waals surface area (Å²) in [6.07, 6.45) is 3.24. The third kappa shape index (κ3) is 1.67. The highest BCUT2D eigenvalue weighted by atomic mass is 19.1. The molecule has 57 valence electrons. The van der Waals surface area contributed by atoms with Crippen LogP contribution in [-0.2, 0) is 0 Å². The summed E-state index contributed by atoms with van der Waals surface area (Å²) in [7, 11) is 0. The maximum absolute atomic E-state index is 13.1. The lowest BCUT2D eigenvalue weighted by molar-refractivity contribution is 0.612. The summed E-state index contributed by atoms with van der Waals surface area (Å²) in [5, 5.41) is 0. The fraction of sp³-hybridized carbons (Fsp3) is 0.100. The molecule has 1 radical (unpaired) electrons. The average molecular weight is 149 g/mol. The minimum atomic E-state index is -0.160. The number of benzene rings is 1. The van der Waals surface area contributed by atoms with E-state index in [4.69, 9.17) is 0 Å². The lowest BCUT2D eigenvalue weighted by Crippen LogP contribution is -1.88. The van der Waals surface area contributed by atoms with E-state index in [0.29, 0.717) is 11.1 Å². The van der Waals surface area contributed by atoms with Gasteiger partial charge in [-0.05, 0) is 18.1 Å². The monoisotopic (exact) mass is 149 g/mol. The van der Waals surface area contributed by atoms with Crippen molar-refractivity contribution in [3.05, 3.63) is 54.2 Å². The molecule has 1 rings (SSSR count). The van der Waals surface area contributed by atoms with Gasteiger partial charge in [0.05, 0.1) is 0 Å². The smallest absolute Gasteiger partial charge is 0.129 e. The summed E-state index contributed by atoms with van der Waals surface area (Å²) in [6.45, 7) is 5.25. The number of hydrogen-bond donors (Lipinski definition) is 0. The lowest BCUT2D eigenvalue weighted by Gasteiger charge is -2.00. The Bertz CT molecular complexity index is 264. The Morgan fingerprint density at radius 3 is 2.82 bits per heavy atom. The zero-order chi connectivity index (χ0) is 8.27. The standard InChI is InChI=1S/C10H10F/c1-3-5-9-7-4-6-8(2)10(9)11/h3-7H,1H2,2H3. The van der Waals surface area contributed by atoms with Crippen molar-refractivity contribution < 1.29 is 4.39 Å². The Kier molecular flexibility index (Phi) is 2.42. The van der Waals surface area contributed by atoms with Crippen molar-refractivity contribution in [2.24, 2.45) is 0 Å². The van der Waals surface area contributed by atoms with E-state index in [1.54, 1.807) is 31.6 Å². The summed E-state index contributed by atoms with van der Waals surface area (Å²) in [5.41, 5.74) is 1.26. The van der Waals surface area contributed by atoms with Crippen molar-refractivity contribution in [2.75, 3.05) is 0 Å². The van der Waals surface area contributed by atoms with Gasteiger partial charge in [-0.3, -0.25) is 0 Å². The van der Waals surface area contributed by atoms with Gasteiger partial charge in [-0.1, -0.05) is 24.3 Å². The van der Waals surface area contributed by atoms with Crippen LogP contribution in [0.25, 0.3) is 0 Å². The number of hydrogen-bond acceptors (Lipinski definition) is 0. The molecule has 1 aromatic rings. The summed E-state index contributed by atoms with van der Waals surface area (Å²) < 4.78 is 13.1. The van der Waals surface area contributed by atoms with Gasteiger partial charge in [0.25, 0.3) is 0 Å². The molecule has 0 saturated heterocycles. The Labute approximate surface area is 66.4 Å². The molecule has 0 aliphatic rings. The molecule has 0 spiro atoms. The van der Waals surface area contributed by atoms with Crippen LogP contribution in [0.4, 0.5) is 4.39 Å². The predicted octanol–water partition coefficient (Wildman–Crippen LogP) is 2.87. The quantitative estimate of drug-likeness (QED) is 0.606. The molecule has 1 heteroatoms. The van der Waals surface area contributed by atoms with E-state index in [1.807, 2.05) is 6.07 Å². The highest BCUT2D eigenvalue weighted by molar-refractivity contribution is 5.32. The summed E-state index contributed by atoms with van der Waals surface area (Å²) in [4.78, 5) is 0. The van der Waals surface area contributed by atoms with Crippen molar-refractivity contribution in [3.63, 3.8) is 0 Å². The third-order valence-corrected chi connectivity index (χ3v) is 1.52. The second kappa shape index (κ2) is 3.33. The van der Waals surface area contributed by atoms with Crippen LogP contribution in [0.15, 0.2) is 30.9 Å². The molecule has 0 fully saturated rings.